The fourth-order valence-corrected chi connectivity index (χ4v) is 6.07. The molecular weight excluding hydrogens is 507 g/mol. The molecule has 1 saturated carbocycles. The van der Waals surface area contributed by atoms with Gasteiger partial charge >= 0.3 is 6.18 Å². The summed E-state index contributed by atoms with van der Waals surface area (Å²) in [6.07, 6.45) is -1.48. The number of benzene rings is 1. The van der Waals surface area contributed by atoms with E-state index < -0.39 is 40.7 Å². The third kappa shape index (κ3) is 6.03. The van der Waals surface area contributed by atoms with Crippen LogP contribution in [0.5, 0.6) is 5.75 Å². The van der Waals surface area contributed by atoms with Gasteiger partial charge in [-0.2, -0.15) is 13.2 Å². The molecule has 0 spiro atoms. The molecule has 3 heterocycles. The zero-order valence-corrected chi connectivity index (χ0v) is 21.5. The maximum atomic E-state index is 14.7. The molecule has 3 atom stereocenters. The topological polar surface area (TPSA) is 59.5 Å². The van der Waals surface area contributed by atoms with E-state index in [2.05, 4.69) is 20.4 Å². The molecule has 3 aliphatic rings. The second kappa shape index (κ2) is 10.9. The van der Waals surface area contributed by atoms with Crippen LogP contribution in [0, 0.1) is 29.4 Å². The zero-order valence-electron chi connectivity index (χ0n) is 21.5. The Balaban J connectivity index is 1.28. The number of ether oxygens (including phenoxy) is 2. The van der Waals surface area contributed by atoms with Crippen molar-refractivity contribution in [3.05, 3.63) is 35.4 Å². The fourth-order valence-electron chi connectivity index (χ4n) is 6.07. The Kier molecular flexibility index (Phi) is 7.77. The molecule has 38 heavy (non-hydrogen) atoms. The van der Waals surface area contributed by atoms with Gasteiger partial charge in [-0.25, -0.2) is 8.78 Å². The first kappa shape index (κ1) is 27.1. The molecule has 0 unspecified atom stereocenters. The first-order chi connectivity index (χ1) is 18.1. The van der Waals surface area contributed by atoms with Crippen LogP contribution in [0.1, 0.15) is 45.1 Å². The van der Waals surface area contributed by atoms with Gasteiger partial charge in [-0.05, 0) is 69.4 Å². The zero-order chi connectivity index (χ0) is 27.0. The van der Waals surface area contributed by atoms with Crippen molar-refractivity contribution in [2.24, 2.45) is 17.8 Å². The predicted molar refractivity (Wildman–Crippen MR) is 132 cm³/mol. The van der Waals surface area contributed by atoms with Gasteiger partial charge in [0.05, 0.1) is 11.8 Å². The molecule has 11 heteroatoms. The van der Waals surface area contributed by atoms with E-state index in [-0.39, 0.29) is 17.6 Å². The van der Waals surface area contributed by atoms with Crippen molar-refractivity contribution in [1.82, 2.24) is 15.1 Å². The standard InChI is InChI=1S/C27H33F5N4O2/c1-15(2)38-25-11-22(28)20(9-23(25)29)24-10-21(27(30,31)32)26(35-34-24)33-19-7-17-13-36(14-18(17)8-19)12-16-3-5-37-6-4-16/h9-11,15-19H,3-8,12-14H2,1-2H3,(H,33,35)/t17-,18+,19+. The third-order valence-electron chi connectivity index (χ3n) is 7.78. The number of rotatable bonds is 7. The average molecular weight is 541 g/mol. The molecule has 2 aromatic rings. The van der Waals surface area contributed by atoms with Crippen molar-refractivity contribution in [3.63, 3.8) is 0 Å². The lowest BCUT2D eigenvalue weighted by molar-refractivity contribution is -0.137. The molecule has 1 aliphatic carbocycles. The van der Waals surface area contributed by atoms with Gasteiger partial charge in [-0.1, -0.05) is 0 Å². The van der Waals surface area contributed by atoms with Gasteiger partial charge in [0.2, 0.25) is 0 Å². The molecular formula is C27H33F5N4O2. The second-order valence-electron chi connectivity index (χ2n) is 11.0. The number of nitrogens with zero attached hydrogens (tertiary/aromatic N) is 3. The summed E-state index contributed by atoms with van der Waals surface area (Å²) in [5.74, 6) is -1.03. The summed E-state index contributed by atoms with van der Waals surface area (Å²) < 4.78 is 81.8. The number of halogens is 5. The van der Waals surface area contributed by atoms with Crippen LogP contribution in [-0.4, -0.2) is 60.1 Å². The Morgan fingerprint density at radius 1 is 1.03 bits per heavy atom. The van der Waals surface area contributed by atoms with Gasteiger partial charge in [-0.15, -0.1) is 10.2 Å². The Labute approximate surface area is 218 Å². The van der Waals surface area contributed by atoms with Gasteiger partial charge in [0.1, 0.15) is 11.4 Å². The summed E-state index contributed by atoms with van der Waals surface area (Å²) >= 11 is 0. The van der Waals surface area contributed by atoms with Crippen LogP contribution in [-0.2, 0) is 10.9 Å². The molecule has 208 valence electrons. The monoisotopic (exact) mass is 540 g/mol. The van der Waals surface area contributed by atoms with E-state index in [4.69, 9.17) is 9.47 Å². The van der Waals surface area contributed by atoms with Crippen LogP contribution in [0.4, 0.5) is 27.8 Å². The van der Waals surface area contributed by atoms with Crippen LogP contribution < -0.4 is 10.1 Å². The molecule has 2 saturated heterocycles. The Morgan fingerprint density at radius 2 is 1.71 bits per heavy atom. The molecule has 0 radical (unpaired) electrons. The molecule has 1 N–H and O–H groups in total. The minimum atomic E-state index is -4.75. The summed E-state index contributed by atoms with van der Waals surface area (Å²) in [7, 11) is 0. The molecule has 0 amide bonds. The van der Waals surface area contributed by atoms with E-state index in [0.29, 0.717) is 17.8 Å². The largest absolute Gasteiger partial charge is 0.488 e. The normalized spacial score (nSPS) is 24.7. The number of nitrogens with one attached hydrogen (secondary N) is 1. The van der Waals surface area contributed by atoms with Crippen molar-refractivity contribution in [3.8, 4) is 17.0 Å². The summed E-state index contributed by atoms with van der Waals surface area (Å²) in [4.78, 5) is 2.49. The van der Waals surface area contributed by atoms with Gasteiger partial charge in [0, 0.05) is 50.5 Å². The highest BCUT2D eigenvalue weighted by Gasteiger charge is 2.43. The minimum absolute atomic E-state index is 0.155. The van der Waals surface area contributed by atoms with Gasteiger partial charge < -0.3 is 19.7 Å². The average Bonchev–Trinajstić information content (AvgIpc) is 3.39. The van der Waals surface area contributed by atoms with Crippen molar-refractivity contribution >= 4 is 5.82 Å². The number of hydrogen-bond acceptors (Lipinski definition) is 6. The smallest absolute Gasteiger partial charge is 0.420 e. The van der Waals surface area contributed by atoms with E-state index >= 15 is 0 Å². The second-order valence-corrected chi connectivity index (χ2v) is 11.0. The Bertz CT molecular complexity index is 1130. The third-order valence-corrected chi connectivity index (χ3v) is 7.78. The quantitative estimate of drug-likeness (QED) is 0.450. The molecule has 2 aliphatic heterocycles. The lowest BCUT2D eigenvalue weighted by Gasteiger charge is -2.28. The van der Waals surface area contributed by atoms with Crippen LogP contribution >= 0.6 is 0 Å². The number of alkyl halides is 3. The molecule has 5 rings (SSSR count). The van der Waals surface area contributed by atoms with Crippen molar-refractivity contribution in [2.45, 2.75) is 57.9 Å². The summed E-state index contributed by atoms with van der Waals surface area (Å²) in [5, 5.41) is 10.6. The van der Waals surface area contributed by atoms with Gasteiger partial charge in [0.25, 0.3) is 0 Å². The Morgan fingerprint density at radius 3 is 2.34 bits per heavy atom. The summed E-state index contributed by atoms with van der Waals surface area (Å²) in [6.45, 7) is 7.91. The highest BCUT2D eigenvalue weighted by Crippen LogP contribution is 2.42. The number of likely N-dealkylation sites (tertiary alicyclic amines) is 1. The van der Waals surface area contributed by atoms with Crippen LogP contribution in [0.15, 0.2) is 18.2 Å². The maximum Gasteiger partial charge on any atom is 0.420 e. The fraction of sp³-hybridized carbons (Fsp3) is 0.630. The number of fused-ring (bicyclic) bond motifs is 1. The van der Waals surface area contributed by atoms with Crippen LogP contribution in [0.2, 0.25) is 0 Å². The van der Waals surface area contributed by atoms with E-state index in [9.17, 15) is 22.0 Å². The highest BCUT2D eigenvalue weighted by atomic mass is 19.4. The van der Waals surface area contributed by atoms with Crippen molar-refractivity contribution in [1.29, 1.82) is 0 Å². The van der Waals surface area contributed by atoms with E-state index in [1.54, 1.807) is 13.8 Å². The van der Waals surface area contributed by atoms with Crippen molar-refractivity contribution in [2.75, 3.05) is 38.2 Å². The van der Waals surface area contributed by atoms with Crippen LogP contribution in [0.25, 0.3) is 11.3 Å². The number of anilines is 1. The maximum absolute atomic E-state index is 14.7. The molecule has 0 bridgehead atoms. The lowest BCUT2D eigenvalue weighted by atomic mass is 10.00. The predicted octanol–water partition coefficient (Wildman–Crippen LogP) is 5.78. The first-order valence-electron chi connectivity index (χ1n) is 13.2. The van der Waals surface area contributed by atoms with E-state index in [0.717, 1.165) is 76.7 Å². The number of hydrogen-bond donors (Lipinski definition) is 1. The molecule has 1 aromatic carbocycles. The highest BCUT2D eigenvalue weighted by molar-refractivity contribution is 5.64. The van der Waals surface area contributed by atoms with Gasteiger partial charge in [-0.3, -0.25) is 0 Å². The lowest BCUT2D eigenvalue weighted by Crippen LogP contribution is -2.32. The van der Waals surface area contributed by atoms with Gasteiger partial charge in [0.15, 0.2) is 17.4 Å². The summed E-state index contributed by atoms with van der Waals surface area (Å²) in [6, 6.07) is 2.17. The SMILES string of the molecule is CC(C)Oc1cc(F)c(-c2cc(C(F)(F)F)c(N[C@H]3C[C@@H]4CN(CC5CCOCC5)C[C@@H]4C3)nn2)cc1F. The van der Waals surface area contributed by atoms with Crippen LogP contribution in [0.3, 0.4) is 0 Å². The first-order valence-corrected chi connectivity index (χ1v) is 13.2. The Hall–Kier alpha value is -2.53. The molecule has 6 nitrogen and oxygen atoms in total. The molecule has 1 aromatic heterocycles. The van der Waals surface area contributed by atoms with Crippen molar-refractivity contribution < 1.29 is 31.4 Å². The summed E-state index contributed by atoms with van der Waals surface area (Å²) in [5.41, 5.74) is -1.87. The van der Waals surface area contributed by atoms with E-state index in [1.807, 2.05) is 0 Å². The number of aromatic nitrogens is 2. The van der Waals surface area contributed by atoms with E-state index in [1.165, 1.54) is 0 Å². The minimum Gasteiger partial charge on any atom is -0.488 e. The molecule has 3 fully saturated rings.